The van der Waals surface area contributed by atoms with Gasteiger partial charge in [-0.25, -0.2) is 8.78 Å². The predicted octanol–water partition coefficient (Wildman–Crippen LogP) is 5.01. The Morgan fingerprint density at radius 3 is 2.28 bits per heavy atom. The SMILES string of the molecule is CN(C)c1c(F)cc(NC(=O)c2sccc2-c2ccccc2)cc1F. The zero-order valence-corrected chi connectivity index (χ0v) is 14.5. The van der Waals surface area contributed by atoms with Crippen molar-refractivity contribution in [2.45, 2.75) is 0 Å². The summed E-state index contributed by atoms with van der Waals surface area (Å²) in [7, 11) is 3.11. The lowest BCUT2D eigenvalue weighted by molar-refractivity contribution is 0.103. The highest BCUT2D eigenvalue weighted by Gasteiger charge is 2.18. The molecular formula is C19H16F2N2OS. The second-order valence-corrected chi connectivity index (χ2v) is 6.58. The molecule has 0 aliphatic rings. The number of amides is 1. The van der Waals surface area contributed by atoms with Gasteiger partial charge in [-0.15, -0.1) is 11.3 Å². The first kappa shape index (κ1) is 17.1. The van der Waals surface area contributed by atoms with Gasteiger partial charge < -0.3 is 10.2 Å². The van der Waals surface area contributed by atoms with Gasteiger partial charge in [0.1, 0.15) is 5.69 Å². The molecule has 0 saturated heterocycles. The van der Waals surface area contributed by atoms with E-state index in [-0.39, 0.29) is 11.4 Å². The van der Waals surface area contributed by atoms with Crippen LogP contribution in [0.2, 0.25) is 0 Å². The quantitative estimate of drug-likeness (QED) is 0.711. The van der Waals surface area contributed by atoms with Gasteiger partial charge in [-0.3, -0.25) is 4.79 Å². The van der Waals surface area contributed by atoms with Gasteiger partial charge in [0.25, 0.3) is 5.91 Å². The number of nitrogens with zero attached hydrogens (tertiary/aromatic N) is 1. The number of nitrogens with one attached hydrogen (secondary N) is 1. The van der Waals surface area contributed by atoms with E-state index >= 15 is 0 Å². The van der Waals surface area contributed by atoms with Gasteiger partial charge in [0.2, 0.25) is 0 Å². The summed E-state index contributed by atoms with van der Waals surface area (Å²) in [5.41, 5.74) is 1.64. The highest BCUT2D eigenvalue weighted by atomic mass is 32.1. The third kappa shape index (κ3) is 3.53. The van der Waals surface area contributed by atoms with E-state index < -0.39 is 17.5 Å². The van der Waals surface area contributed by atoms with Crippen molar-refractivity contribution >= 4 is 28.6 Å². The molecule has 0 aliphatic heterocycles. The summed E-state index contributed by atoms with van der Waals surface area (Å²) in [6.07, 6.45) is 0. The number of halogens is 2. The van der Waals surface area contributed by atoms with Crippen LogP contribution in [0.25, 0.3) is 11.1 Å². The first-order valence-electron chi connectivity index (χ1n) is 7.58. The van der Waals surface area contributed by atoms with Gasteiger partial charge in [-0.05, 0) is 29.1 Å². The Labute approximate surface area is 148 Å². The van der Waals surface area contributed by atoms with Gasteiger partial charge in [-0.1, -0.05) is 30.3 Å². The molecule has 128 valence electrons. The van der Waals surface area contributed by atoms with E-state index in [1.54, 1.807) is 14.1 Å². The third-order valence-electron chi connectivity index (χ3n) is 3.68. The molecule has 3 aromatic rings. The van der Waals surface area contributed by atoms with Crippen molar-refractivity contribution in [3.05, 3.63) is 70.4 Å². The monoisotopic (exact) mass is 358 g/mol. The number of benzene rings is 2. The van der Waals surface area contributed by atoms with Crippen LogP contribution in [-0.2, 0) is 0 Å². The van der Waals surface area contributed by atoms with Crippen molar-refractivity contribution in [2.24, 2.45) is 0 Å². The Hall–Kier alpha value is -2.73. The largest absolute Gasteiger partial charge is 0.373 e. The minimum atomic E-state index is -0.727. The molecule has 0 spiro atoms. The van der Waals surface area contributed by atoms with Crippen molar-refractivity contribution in [3.8, 4) is 11.1 Å². The molecule has 2 aromatic carbocycles. The van der Waals surface area contributed by atoms with Crippen LogP contribution in [0.1, 0.15) is 9.67 Å². The lowest BCUT2D eigenvalue weighted by Crippen LogP contribution is -2.15. The zero-order chi connectivity index (χ0) is 18.0. The molecule has 6 heteroatoms. The van der Waals surface area contributed by atoms with Gasteiger partial charge in [0.05, 0.1) is 4.88 Å². The van der Waals surface area contributed by atoms with E-state index in [0.29, 0.717) is 4.88 Å². The summed E-state index contributed by atoms with van der Waals surface area (Å²) in [5, 5.41) is 4.39. The van der Waals surface area contributed by atoms with Crippen LogP contribution in [0.15, 0.2) is 53.9 Å². The van der Waals surface area contributed by atoms with Gasteiger partial charge in [0, 0.05) is 25.3 Å². The Bertz CT molecular complexity index is 884. The van der Waals surface area contributed by atoms with Crippen molar-refractivity contribution in [1.29, 1.82) is 0 Å². The molecule has 0 radical (unpaired) electrons. The van der Waals surface area contributed by atoms with Gasteiger partial charge in [0.15, 0.2) is 11.6 Å². The summed E-state index contributed by atoms with van der Waals surface area (Å²) >= 11 is 1.28. The second-order valence-electron chi connectivity index (χ2n) is 5.67. The van der Waals surface area contributed by atoms with E-state index in [4.69, 9.17) is 0 Å². The fourth-order valence-electron chi connectivity index (χ4n) is 2.58. The Balaban J connectivity index is 1.88. The van der Waals surface area contributed by atoms with E-state index in [2.05, 4.69) is 5.32 Å². The number of rotatable bonds is 4. The molecule has 0 saturated carbocycles. The Morgan fingerprint density at radius 2 is 1.68 bits per heavy atom. The summed E-state index contributed by atoms with van der Waals surface area (Å²) in [6, 6.07) is 13.6. The summed E-state index contributed by atoms with van der Waals surface area (Å²) < 4.78 is 28.1. The maximum Gasteiger partial charge on any atom is 0.266 e. The van der Waals surface area contributed by atoms with E-state index in [1.165, 1.54) is 16.2 Å². The zero-order valence-electron chi connectivity index (χ0n) is 13.7. The lowest BCUT2D eigenvalue weighted by Gasteiger charge is -2.16. The molecular weight excluding hydrogens is 342 g/mol. The minimum absolute atomic E-state index is 0.0815. The number of anilines is 2. The van der Waals surface area contributed by atoms with E-state index in [9.17, 15) is 13.6 Å². The second kappa shape index (κ2) is 7.03. The first-order valence-corrected chi connectivity index (χ1v) is 8.46. The maximum absolute atomic E-state index is 14.1. The molecule has 1 heterocycles. The van der Waals surface area contributed by atoms with Crippen LogP contribution >= 0.6 is 11.3 Å². The van der Waals surface area contributed by atoms with Gasteiger partial charge >= 0.3 is 0 Å². The standard InChI is InChI=1S/C19H16F2N2OS/c1-23(2)17-15(20)10-13(11-16(17)21)22-19(24)18-14(8-9-25-18)12-6-4-3-5-7-12/h3-11H,1-2H3,(H,22,24). The highest BCUT2D eigenvalue weighted by molar-refractivity contribution is 7.12. The van der Waals surface area contributed by atoms with Crippen LogP contribution in [0.3, 0.4) is 0 Å². The van der Waals surface area contributed by atoms with Crippen LogP contribution in [-0.4, -0.2) is 20.0 Å². The van der Waals surface area contributed by atoms with Gasteiger partial charge in [-0.2, -0.15) is 0 Å². The maximum atomic E-state index is 14.1. The fourth-order valence-corrected chi connectivity index (χ4v) is 3.39. The molecule has 1 aromatic heterocycles. The number of hydrogen-bond acceptors (Lipinski definition) is 3. The van der Waals surface area contributed by atoms with Crippen LogP contribution in [0.5, 0.6) is 0 Å². The Kier molecular flexibility index (Phi) is 4.81. The summed E-state index contributed by atoms with van der Waals surface area (Å²) in [6.45, 7) is 0. The average Bonchev–Trinajstić information content (AvgIpc) is 3.04. The summed E-state index contributed by atoms with van der Waals surface area (Å²) in [5.74, 6) is -1.85. The molecule has 3 rings (SSSR count). The molecule has 1 N–H and O–H groups in total. The van der Waals surface area contributed by atoms with E-state index in [1.807, 2.05) is 41.8 Å². The number of carbonyl (C=O) groups is 1. The first-order chi connectivity index (χ1) is 12.0. The molecule has 25 heavy (non-hydrogen) atoms. The summed E-state index contributed by atoms with van der Waals surface area (Å²) in [4.78, 5) is 14.4. The highest BCUT2D eigenvalue weighted by Crippen LogP contribution is 2.30. The van der Waals surface area contributed by atoms with Crippen molar-refractivity contribution in [3.63, 3.8) is 0 Å². The van der Waals surface area contributed by atoms with Crippen LogP contribution in [0, 0.1) is 11.6 Å². The average molecular weight is 358 g/mol. The number of carbonyl (C=O) groups excluding carboxylic acids is 1. The smallest absolute Gasteiger partial charge is 0.266 e. The van der Waals surface area contributed by atoms with Crippen molar-refractivity contribution in [1.82, 2.24) is 0 Å². The minimum Gasteiger partial charge on any atom is -0.373 e. The van der Waals surface area contributed by atoms with Crippen molar-refractivity contribution < 1.29 is 13.6 Å². The molecule has 3 nitrogen and oxygen atoms in total. The fraction of sp³-hybridized carbons (Fsp3) is 0.105. The normalized spacial score (nSPS) is 10.6. The molecule has 0 atom stereocenters. The molecule has 0 bridgehead atoms. The molecule has 0 aliphatic carbocycles. The Morgan fingerprint density at radius 1 is 1.04 bits per heavy atom. The van der Waals surface area contributed by atoms with Crippen LogP contribution < -0.4 is 10.2 Å². The van der Waals surface area contributed by atoms with Crippen molar-refractivity contribution in [2.75, 3.05) is 24.3 Å². The lowest BCUT2D eigenvalue weighted by atomic mass is 10.1. The molecule has 0 fully saturated rings. The number of hydrogen-bond donors (Lipinski definition) is 1. The molecule has 1 amide bonds. The van der Waals surface area contributed by atoms with E-state index in [0.717, 1.165) is 23.3 Å². The topological polar surface area (TPSA) is 32.3 Å². The molecule has 0 unspecified atom stereocenters. The third-order valence-corrected chi connectivity index (χ3v) is 4.59. The predicted molar refractivity (Wildman–Crippen MR) is 98.4 cm³/mol. The number of thiophene rings is 1. The van der Waals surface area contributed by atoms with Crippen LogP contribution in [0.4, 0.5) is 20.2 Å².